The molecule has 0 aliphatic carbocycles. The normalized spacial score (nSPS) is 11.8. The van der Waals surface area contributed by atoms with Gasteiger partial charge in [-0.1, -0.05) is 11.6 Å². The standard InChI is InChI=1S/C13H15ClN6O3S/c1-6(13-17-4-7(24-13)10(15)22)20-12(23)9-8(14)11(16-2-3-21)19-5-18-9/h4-6,21H,2-3H2,1H3,(H2,15,22)(H,20,23)(H,16,18,19). The lowest BCUT2D eigenvalue weighted by Crippen LogP contribution is -2.28. The van der Waals surface area contributed by atoms with Crippen molar-refractivity contribution in [1.82, 2.24) is 20.3 Å². The van der Waals surface area contributed by atoms with Crippen LogP contribution in [-0.2, 0) is 0 Å². The summed E-state index contributed by atoms with van der Waals surface area (Å²) in [4.78, 5) is 35.6. The fourth-order valence-corrected chi connectivity index (χ4v) is 2.78. The van der Waals surface area contributed by atoms with Gasteiger partial charge in [-0.15, -0.1) is 11.3 Å². The van der Waals surface area contributed by atoms with E-state index in [0.29, 0.717) is 9.88 Å². The van der Waals surface area contributed by atoms with Gasteiger partial charge in [-0.2, -0.15) is 0 Å². The quantitative estimate of drug-likeness (QED) is 0.558. The summed E-state index contributed by atoms with van der Waals surface area (Å²) in [5, 5.41) is 14.9. The van der Waals surface area contributed by atoms with E-state index in [1.54, 1.807) is 6.92 Å². The number of rotatable bonds is 7. The minimum Gasteiger partial charge on any atom is -0.395 e. The minimum absolute atomic E-state index is 0.00867. The van der Waals surface area contributed by atoms with Gasteiger partial charge in [0.1, 0.15) is 27.1 Å². The number of halogens is 1. The van der Waals surface area contributed by atoms with E-state index in [4.69, 9.17) is 22.4 Å². The number of aromatic nitrogens is 3. The van der Waals surface area contributed by atoms with Gasteiger partial charge in [0.2, 0.25) is 0 Å². The average Bonchev–Trinajstić information content (AvgIpc) is 3.04. The van der Waals surface area contributed by atoms with Crippen LogP contribution in [0.2, 0.25) is 5.02 Å². The summed E-state index contributed by atoms with van der Waals surface area (Å²) < 4.78 is 0. The van der Waals surface area contributed by atoms with Gasteiger partial charge >= 0.3 is 0 Å². The molecule has 0 saturated carbocycles. The number of nitrogens with two attached hydrogens (primary N) is 1. The number of aliphatic hydroxyl groups excluding tert-OH is 1. The van der Waals surface area contributed by atoms with Gasteiger partial charge in [0.15, 0.2) is 5.69 Å². The van der Waals surface area contributed by atoms with Crippen molar-refractivity contribution in [2.45, 2.75) is 13.0 Å². The predicted molar refractivity (Wildman–Crippen MR) is 89.1 cm³/mol. The van der Waals surface area contributed by atoms with Gasteiger partial charge in [-0.25, -0.2) is 15.0 Å². The van der Waals surface area contributed by atoms with Crippen LogP contribution < -0.4 is 16.4 Å². The SMILES string of the molecule is CC(NC(=O)c1ncnc(NCCO)c1Cl)c1ncc(C(N)=O)s1. The number of carbonyl (C=O) groups is 2. The van der Waals surface area contributed by atoms with Gasteiger partial charge in [-0.3, -0.25) is 9.59 Å². The lowest BCUT2D eigenvalue weighted by atomic mass is 10.3. The van der Waals surface area contributed by atoms with E-state index in [9.17, 15) is 9.59 Å². The molecule has 1 unspecified atom stereocenters. The van der Waals surface area contributed by atoms with Crippen molar-refractivity contribution in [2.24, 2.45) is 5.73 Å². The molecule has 128 valence electrons. The number of aliphatic hydroxyl groups is 1. The molecule has 0 aromatic carbocycles. The van der Waals surface area contributed by atoms with E-state index < -0.39 is 17.9 Å². The highest BCUT2D eigenvalue weighted by molar-refractivity contribution is 7.13. The molecule has 2 aromatic rings. The van der Waals surface area contributed by atoms with Crippen molar-refractivity contribution >= 4 is 40.6 Å². The summed E-state index contributed by atoms with van der Waals surface area (Å²) in [6.07, 6.45) is 2.55. The van der Waals surface area contributed by atoms with Crippen LogP contribution >= 0.6 is 22.9 Å². The summed E-state index contributed by atoms with van der Waals surface area (Å²) in [5.41, 5.74) is 5.17. The van der Waals surface area contributed by atoms with E-state index in [1.807, 2.05) is 0 Å². The van der Waals surface area contributed by atoms with Crippen molar-refractivity contribution in [3.05, 3.63) is 33.1 Å². The zero-order valence-electron chi connectivity index (χ0n) is 12.6. The molecule has 24 heavy (non-hydrogen) atoms. The molecule has 2 heterocycles. The van der Waals surface area contributed by atoms with E-state index in [0.717, 1.165) is 11.3 Å². The topological polar surface area (TPSA) is 143 Å². The third-order valence-electron chi connectivity index (χ3n) is 2.89. The third kappa shape index (κ3) is 4.16. The first-order chi connectivity index (χ1) is 11.4. The zero-order valence-corrected chi connectivity index (χ0v) is 14.2. The van der Waals surface area contributed by atoms with Crippen molar-refractivity contribution in [2.75, 3.05) is 18.5 Å². The average molecular weight is 371 g/mol. The van der Waals surface area contributed by atoms with Gasteiger partial charge in [0, 0.05) is 6.54 Å². The number of primary amides is 1. The third-order valence-corrected chi connectivity index (χ3v) is 4.45. The van der Waals surface area contributed by atoms with Crippen LogP contribution in [0.4, 0.5) is 5.82 Å². The smallest absolute Gasteiger partial charge is 0.272 e. The molecule has 11 heteroatoms. The number of thiazole rings is 1. The fraction of sp³-hybridized carbons (Fsp3) is 0.308. The van der Waals surface area contributed by atoms with Crippen molar-refractivity contribution in [3.8, 4) is 0 Å². The molecule has 0 radical (unpaired) electrons. The highest BCUT2D eigenvalue weighted by Crippen LogP contribution is 2.23. The second-order valence-corrected chi connectivity index (χ2v) is 6.10. The number of anilines is 1. The Bertz CT molecular complexity index is 753. The molecular weight excluding hydrogens is 356 g/mol. The molecule has 0 saturated heterocycles. The Morgan fingerprint density at radius 3 is 2.79 bits per heavy atom. The summed E-state index contributed by atoms with van der Waals surface area (Å²) in [5.74, 6) is -0.836. The van der Waals surface area contributed by atoms with Crippen LogP contribution in [0.25, 0.3) is 0 Å². The molecule has 0 aliphatic heterocycles. The molecule has 0 aliphatic rings. The Labute approximate surface area is 146 Å². The predicted octanol–water partition coefficient (Wildman–Crippen LogP) is 0.581. The monoisotopic (exact) mass is 370 g/mol. The molecule has 9 nitrogen and oxygen atoms in total. The maximum atomic E-state index is 12.3. The number of hydrogen-bond donors (Lipinski definition) is 4. The number of amides is 2. The Balaban J connectivity index is 2.12. The van der Waals surface area contributed by atoms with Crippen molar-refractivity contribution in [3.63, 3.8) is 0 Å². The van der Waals surface area contributed by atoms with E-state index in [2.05, 4.69) is 25.6 Å². The van der Waals surface area contributed by atoms with E-state index in [1.165, 1.54) is 12.5 Å². The maximum Gasteiger partial charge on any atom is 0.272 e. The molecule has 5 N–H and O–H groups in total. The van der Waals surface area contributed by atoms with Crippen molar-refractivity contribution in [1.29, 1.82) is 0 Å². The minimum atomic E-state index is -0.573. The largest absolute Gasteiger partial charge is 0.395 e. The molecule has 2 amide bonds. The molecule has 1 atom stereocenters. The first-order valence-corrected chi connectivity index (χ1v) is 8.05. The highest BCUT2D eigenvalue weighted by Gasteiger charge is 2.20. The Morgan fingerprint density at radius 2 is 2.17 bits per heavy atom. The zero-order chi connectivity index (χ0) is 17.7. The maximum absolute atomic E-state index is 12.3. The molecule has 0 bridgehead atoms. The summed E-state index contributed by atoms with van der Waals surface area (Å²) in [6.45, 7) is 1.84. The highest BCUT2D eigenvalue weighted by atomic mass is 35.5. The number of carbonyl (C=O) groups excluding carboxylic acids is 2. The Hall–Kier alpha value is -2.30. The lowest BCUT2D eigenvalue weighted by molar-refractivity contribution is 0.0934. The van der Waals surface area contributed by atoms with Crippen LogP contribution in [0.3, 0.4) is 0 Å². The van der Waals surface area contributed by atoms with Gasteiger partial charge in [0.05, 0.1) is 18.8 Å². The molecule has 0 fully saturated rings. The Morgan fingerprint density at radius 1 is 1.42 bits per heavy atom. The summed E-state index contributed by atoms with van der Waals surface area (Å²) in [7, 11) is 0. The molecule has 2 rings (SSSR count). The molecule has 2 aromatic heterocycles. The van der Waals surface area contributed by atoms with Crippen LogP contribution in [0.1, 0.15) is 38.1 Å². The number of hydrogen-bond acceptors (Lipinski definition) is 8. The van der Waals surface area contributed by atoms with Gasteiger partial charge in [0.25, 0.3) is 11.8 Å². The van der Waals surface area contributed by atoms with Gasteiger partial charge < -0.3 is 21.5 Å². The molecule has 0 spiro atoms. The Kier molecular flexibility index (Phi) is 6.01. The van der Waals surface area contributed by atoms with E-state index in [-0.39, 0.29) is 29.7 Å². The second kappa shape index (κ2) is 7.99. The summed E-state index contributed by atoms with van der Waals surface area (Å²) >= 11 is 7.21. The van der Waals surface area contributed by atoms with Crippen LogP contribution in [0.15, 0.2) is 12.5 Å². The van der Waals surface area contributed by atoms with Crippen molar-refractivity contribution < 1.29 is 14.7 Å². The lowest BCUT2D eigenvalue weighted by Gasteiger charge is -2.13. The van der Waals surface area contributed by atoms with Crippen LogP contribution in [-0.4, -0.2) is 45.0 Å². The first kappa shape index (κ1) is 18.0. The second-order valence-electron chi connectivity index (χ2n) is 4.66. The van der Waals surface area contributed by atoms with Gasteiger partial charge in [-0.05, 0) is 6.92 Å². The summed E-state index contributed by atoms with van der Waals surface area (Å²) in [6, 6.07) is -0.463. The van der Waals surface area contributed by atoms with Crippen LogP contribution in [0.5, 0.6) is 0 Å². The van der Waals surface area contributed by atoms with E-state index >= 15 is 0 Å². The fourth-order valence-electron chi connectivity index (χ4n) is 1.75. The number of nitrogens with zero attached hydrogens (tertiary/aromatic N) is 3. The number of nitrogens with one attached hydrogen (secondary N) is 2. The first-order valence-electron chi connectivity index (χ1n) is 6.85. The molecular formula is C13H15ClN6O3S. The van der Waals surface area contributed by atoms with Crippen LogP contribution in [0, 0.1) is 0 Å².